The van der Waals surface area contributed by atoms with Crippen LogP contribution in [0.15, 0.2) is 12.2 Å². The Balaban J connectivity index is 0. The third-order valence-corrected chi connectivity index (χ3v) is 2.43. The van der Waals surface area contributed by atoms with E-state index in [-0.39, 0.29) is 0 Å². The molecule has 0 aromatic carbocycles. The molecule has 0 aliphatic heterocycles. The number of hydrogen-bond donors (Lipinski definition) is 2. The Morgan fingerprint density at radius 2 is 1.39 bits per heavy atom. The number of carboxylic acids is 1. The van der Waals surface area contributed by atoms with Gasteiger partial charge in [-0.2, -0.15) is 0 Å². The summed E-state index contributed by atoms with van der Waals surface area (Å²) >= 11 is 0. The van der Waals surface area contributed by atoms with Gasteiger partial charge < -0.3 is 10.2 Å². The molecule has 0 radical (unpaired) electrons. The molecule has 0 spiro atoms. The van der Waals surface area contributed by atoms with Gasteiger partial charge in [-0.15, -0.1) is 0 Å². The molecule has 0 saturated carbocycles. The van der Waals surface area contributed by atoms with Gasteiger partial charge >= 0.3 is 0 Å². The third-order valence-electron chi connectivity index (χ3n) is 2.43. The summed E-state index contributed by atoms with van der Waals surface area (Å²) in [5.74, 6) is -0.833. The zero-order valence-corrected chi connectivity index (χ0v) is 12.0. The van der Waals surface area contributed by atoms with E-state index in [2.05, 4.69) is 19.1 Å². The van der Waals surface area contributed by atoms with Crippen molar-refractivity contribution in [3.8, 4) is 0 Å². The van der Waals surface area contributed by atoms with E-state index in [1.807, 2.05) is 0 Å². The van der Waals surface area contributed by atoms with Crippen molar-refractivity contribution in [2.24, 2.45) is 0 Å². The van der Waals surface area contributed by atoms with Crippen LogP contribution < -0.4 is 0 Å². The number of carboxylic acid groups (broad SMARTS) is 1. The van der Waals surface area contributed by atoms with Crippen molar-refractivity contribution in [2.75, 3.05) is 6.61 Å². The molecule has 0 amide bonds. The molecule has 2 N–H and O–H groups in total. The highest BCUT2D eigenvalue weighted by Crippen LogP contribution is 2.08. The first kappa shape index (κ1) is 19.5. The Morgan fingerprint density at radius 1 is 0.944 bits per heavy atom. The Bertz CT molecular complexity index is 184. The van der Waals surface area contributed by atoms with E-state index >= 15 is 0 Å². The summed E-state index contributed by atoms with van der Waals surface area (Å²) in [6.07, 6.45) is 15.9. The molecule has 0 aliphatic carbocycles. The maximum atomic E-state index is 9.00. The van der Waals surface area contributed by atoms with Gasteiger partial charge in [0.1, 0.15) is 0 Å². The van der Waals surface area contributed by atoms with Gasteiger partial charge in [-0.3, -0.25) is 4.79 Å². The van der Waals surface area contributed by atoms with Crippen LogP contribution >= 0.6 is 0 Å². The summed E-state index contributed by atoms with van der Waals surface area (Å²) in [7, 11) is 0. The fraction of sp³-hybridized carbons (Fsp3) is 0.800. The fourth-order valence-electron chi connectivity index (χ4n) is 1.54. The van der Waals surface area contributed by atoms with E-state index in [0.717, 1.165) is 13.3 Å². The maximum Gasteiger partial charge on any atom is 0.300 e. The molecular formula is C15H30O3. The Labute approximate surface area is 112 Å². The Kier molecular flexibility index (Phi) is 20.1. The lowest BCUT2D eigenvalue weighted by Crippen LogP contribution is -1.83. The second kappa shape index (κ2) is 18.5. The topological polar surface area (TPSA) is 57.5 Å². The van der Waals surface area contributed by atoms with Crippen LogP contribution in [0.25, 0.3) is 0 Å². The quantitative estimate of drug-likeness (QED) is 0.457. The van der Waals surface area contributed by atoms with Crippen LogP contribution in [0.5, 0.6) is 0 Å². The third kappa shape index (κ3) is 29.4. The normalized spacial score (nSPS) is 10.2. The van der Waals surface area contributed by atoms with Crippen LogP contribution in [-0.4, -0.2) is 22.8 Å². The minimum atomic E-state index is -0.833. The van der Waals surface area contributed by atoms with Crippen LogP contribution in [0, 0.1) is 0 Å². The molecule has 0 bridgehead atoms. The van der Waals surface area contributed by atoms with Crippen molar-refractivity contribution in [1.82, 2.24) is 0 Å². The molecule has 0 atom stereocenters. The molecule has 0 aromatic rings. The fourth-order valence-corrected chi connectivity index (χ4v) is 1.54. The molecule has 108 valence electrons. The summed E-state index contributed by atoms with van der Waals surface area (Å²) in [6.45, 7) is 3.62. The minimum absolute atomic E-state index is 0.363. The predicted molar refractivity (Wildman–Crippen MR) is 76.8 cm³/mol. The van der Waals surface area contributed by atoms with Crippen LogP contribution in [0.4, 0.5) is 0 Å². The molecular weight excluding hydrogens is 228 g/mol. The molecule has 0 fully saturated rings. The van der Waals surface area contributed by atoms with Crippen molar-refractivity contribution >= 4 is 5.97 Å². The van der Waals surface area contributed by atoms with E-state index in [9.17, 15) is 0 Å². The predicted octanol–water partition coefficient (Wildman–Crippen LogP) is 4.16. The minimum Gasteiger partial charge on any atom is -0.481 e. The molecule has 3 heteroatoms. The first-order valence-corrected chi connectivity index (χ1v) is 7.10. The largest absolute Gasteiger partial charge is 0.481 e. The van der Waals surface area contributed by atoms with Gasteiger partial charge in [0.2, 0.25) is 0 Å². The molecule has 0 rings (SSSR count). The molecule has 0 unspecified atom stereocenters. The lowest BCUT2D eigenvalue weighted by atomic mass is 10.1. The van der Waals surface area contributed by atoms with Crippen molar-refractivity contribution in [3.63, 3.8) is 0 Å². The van der Waals surface area contributed by atoms with Gasteiger partial charge in [-0.1, -0.05) is 51.2 Å². The van der Waals surface area contributed by atoms with Gasteiger partial charge in [-0.05, 0) is 25.7 Å². The number of carbonyl (C=O) groups is 1. The van der Waals surface area contributed by atoms with E-state index < -0.39 is 5.97 Å². The summed E-state index contributed by atoms with van der Waals surface area (Å²) < 4.78 is 0. The molecule has 3 nitrogen and oxygen atoms in total. The van der Waals surface area contributed by atoms with Crippen molar-refractivity contribution in [3.05, 3.63) is 12.2 Å². The van der Waals surface area contributed by atoms with Crippen molar-refractivity contribution in [1.29, 1.82) is 0 Å². The summed E-state index contributed by atoms with van der Waals surface area (Å²) in [5.41, 5.74) is 0. The summed E-state index contributed by atoms with van der Waals surface area (Å²) in [6, 6.07) is 0. The van der Waals surface area contributed by atoms with Crippen LogP contribution in [0.3, 0.4) is 0 Å². The first-order valence-electron chi connectivity index (χ1n) is 7.10. The molecule has 0 heterocycles. The second-order valence-corrected chi connectivity index (χ2v) is 4.39. The summed E-state index contributed by atoms with van der Waals surface area (Å²) in [4.78, 5) is 9.00. The van der Waals surface area contributed by atoms with E-state index in [1.165, 1.54) is 51.4 Å². The lowest BCUT2D eigenvalue weighted by molar-refractivity contribution is -0.134. The highest BCUT2D eigenvalue weighted by Gasteiger charge is 1.90. The van der Waals surface area contributed by atoms with Crippen LogP contribution in [-0.2, 0) is 4.79 Å². The van der Waals surface area contributed by atoms with Crippen molar-refractivity contribution in [2.45, 2.75) is 71.6 Å². The first-order chi connectivity index (χ1) is 8.65. The highest BCUT2D eigenvalue weighted by molar-refractivity contribution is 5.62. The average Bonchev–Trinajstić information content (AvgIpc) is 2.31. The highest BCUT2D eigenvalue weighted by atomic mass is 16.4. The van der Waals surface area contributed by atoms with Crippen LogP contribution in [0.2, 0.25) is 0 Å². The van der Waals surface area contributed by atoms with Gasteiger partial charge in [0.05, 0.1) is 0 Å². The number of unbranched alkanes of at least 4 members (excludes halogenated alkanes) is 7. The monoisotopic (exact) mass is 258 g/mol. The molecule has 18 heavy (non-hydrogen) atoms. The van der Waals surface area contributed by atoms with E-state index in [0.29, 0.717) is 6.61 Å². The van der Waals surface area contributed by atoms with Gasteiger partial charge in [0, 0.05) is 13.5 Å². The smallest absolute Gasteiger partial charge is 0.300 e. The number of rotatable bonds is 10. The number of hydrogen-bond acceptors (Lipinski definition) is 2. The van der Waals surface area contributed by atoms with E-state index in [1.54, 1.807) is 0 Å². The molecule has 0 aromatic heterocycles. The SMILES string of the molecule is CC(=O)O.CCC=CCCCCCCCCCO. The average molecular weight is 258 g/mol. The number of aliphatic carboxylic acids is 1. The van der Waals surface area contributed by atoms with Gasteiger partial charge in [-0.25, -0.2) is 0 Å². The standard InChI is InChI=1S/C13H26O.C2H4O2/c1-2-3-4-5-6-7-8-9-10-11-12-13-14;1-2(3)4/h3-4,14H,2,5-13H2,1H3;1H3,(H,3,4). The zero-order chi connectivity index (χ0) is 14.1. The Hall–Kier alpha value is -0.830. The van der Waals surface area contributed by atoms with Crippen LogP contribution in [0.1, 0.15) is 71.6 Å². The van der Waals surface area contributed by atoms with Gasteiger partial charge in [0.25, 0.3) is 5.97 Å². The maximum absolute atomic E-state index is 9.00. The lowest BCUT2D eigenvalue weighted by Gasteiger charge is -1.99. The number of aliphatic hydroxyl groups excluding tert-OH is 1. The number of aliphatic hydroxyl groups is 1. The zero-order valence-electron chi connectivity index (χ0n) is 12.0. The molecule has 0 saturated heterocycles. The Morgan fingerprint density at radius 3 is 1.83 bits per heavy atom. The van der Waals surface area contributed by atoms with Gasteiger partial charge in [0.15, 0.2) is 0 Å². The second-order valence-electron chi connectivity index (χ2n) is 4.39. The number of allylic oxidation sites excluding steroid dienone is 2. The van der Waals surface area contributed by atoms with E-state index in [4.69, 9.17) is 15.0 Å². The molecule has 0 aliphatic rings. The summed E-state index contributed by atoms with van der Waals surface area (Å²) in [5, 5.41) is 16.0. The van der Waals surface area contributed by atoms with Crippen molar-refractivity contribution < 1.29 is 15.0 Å².